The molecule has 12 rings (SSSR count). The van der Waals surface area contributed by atoms with E-state index in [1.54, 1.807) is 0 Å². The second-order valence-corrected chi connectivity index (χ2v) is 15.8. The topological polar surface area (TPSA) is 35.6 Å². The summed E-state index contributed by atoms with van der Waals surface area (Å²) in [4.78, 5) is 10.9. The molecule has 62 heavy (non-hydrogen) atoms. The van der Waals surface area contributed by atoms with Crippen LogP contribution in [-0.2, 0) is 0 Å². The summed E-state index contributed by atoms with van der Waals surface area (Å²) in [6.07, 6.45) is 0. The van der Waals surface area contributed by atoms with Gasteiger partial charge in [-0.05, 0) is 70.3 Å². The smallest absolute Gasteiger partial charge is 0.138 e. The number of hydrogen-bond acceptors (Lipinski definition) is 2. The van der Waals surface area contributed by atoms with Gasteiger partial charge in [0.05, 0.1) is 33.5 Å². The summed E-state index contributed by atoms with van der Waals surface area (Å²) in [5, 5.41) is 4.72. The van der Waals surface area contributed by atoms with Crippen LogP contribution in [-0.4, -0.2) is 19.1 Å². The zero-order chi connectivity index (χ0) is 41.0. The summed E-state index contributed by atoms with van der Waals surface area (Å²) in [5.41, 5.74) is 15.2. The van der Waals surface area contributed by atoms with Crippen LogP contribution in [0.5, 0.6) is 0 Å². The van der Waals surface area contributed by atoms with E-state index in [9.17, 15) is 0 Å². The summed E-state index contributed by atoms with van der Waals surface area (Å²) >= 11 is 0. The molecule has 0 unspecified atom stereocenters. The maximum Gasteiger partial charge on any atom is 0.138 e. The number of benzene rings is 8. The van der Waals surface area contributed by atoms with Crippen molar-refractivity contribution in [2.24, 2.45) is 0 Å². The molecule has 4 aromatic heterocycles. The highest BCUT2D eigenvalue weighted by Gasteiger charge is 2.21. The van der Waals surface area contributed by atoms with Crippen molar-refractivity contribution < 1.29 is 0 Å². The van der Waals surface area contributed by atoms with Crippen molar-refractivity contribution in [1.82, 2.24) is 19.1 Å². The van der Waals surface area contributed by atoms with Gasteiger partial charge in [-0.2, -0.15) is 0 Å². The number of nitrogens with zero attached hydrogens (tertiary/aromatic N) is 4. The van der Waals surface area contributed by atoms with Gasteiger partial charge in [0.1, 0.15) is 11.6 Å². The minimum atomic E-state index is 0.870. The Kier molecular flexibility index (Phi) is 8.46. The van der Waals surface area contributed by atoms with Crippen molar-refractivity contribution in [1.29, 1.82) is 0 Å². The van der Waals surface area contributed by atoms with Gasteiger partial charge >= 0.3 is 0 Å². The van der Waals surface area contributed by atoms with Crippen LogP contribution < -0.4 is 0 Å². The third-order valence-electron chi connectivity index (χ3n) is 12.1. The fourth-order valence-corrected chi connectivity index (χ4v) is 9.24. The third-order valence-corrected chi connectivity index (χ3v) is 12.1. The molecule has 0 amide bonds. The van der Waals surface area contributed by atoms with E-state index in [1.165, 1.54) is 21.5 Å². The normalized spacial score (nSPS) is 11.5. The number of rotatable bonds is 7. The number of hydrogen-bond donors (Lipinski definition) is 0. The Balaban J connectivity index is 1.13. The zero-order valence-corrected chi connectivity index (χ0v) is 33.7. The quantitative estimate of drug-likeness (QED) is 0.161. The highest BCUT2D eigenvalue weighted by molar-refractivity contribution is 6.15. The van der Waals surface area contributed by atoms with Crippen LogP contribution in [0.2, 0.25) is 0 Å². The second-order valence-electron chi connectivity index (χ2n) is 15.8. The summed E-state index contributed by atoms with van der Waals surface area (Å²) in [6.45, 7) is 0. The first-order valence-electron chi connectivity index (χ1n) is 21.1. The monoisotopic (exact) mass is 790 g/mol. The molecule has 0 bridgehead atoms. The zero-order valence-electron chi connectivity index (χ0n) is 33.7. The van der Waals surface area contributed by atoms with Crippen molar-refractivity contribution in [2.75, 3.05) is 0 Å². The van der Waals surface area contributed by atoms with Gasteiger partial charge < -0.3 is 0 Å². The van der Waals surface area contributed by atoms with Crippen LogP contribution in [0.15, 0.2) is 231 Å². The van der Waals surface area contributed by atoms with Crippen LogP contribution in [0.1, 0.15) is 0 Å². The van der Waals surface area contributed by atoms with E-state index in [-0.39, 0.29) is 0 Å². The summed E-state index contributed by atoms with van der Waals surface area (Å²) < 4.78 is 4.72. The van der Waals surface area contributed by atoms with Gasteiger partial charge in [-0.1, -0.05) is 188 Å². The van der Waals surface area contributed by atoms with E-state index < -0.39 is 0 Å². The van der Waals surface area contributed by atoms with E-state index in [4.69, 9.17) is 9.97 Å². The number of pyridine rings is 2. The molecule has 0 N–H and O–H groups in total. The first-order valence-corrected chi connectivity index (χ1v) is 21.1. The van der Waals surface area contributed by atoms with Crippen molar-refractivity contribution in [3.05, 3.63) is 231 Å². The van der Waals surface area contributed by atoms with Gasteiger partial charge in [-0.15, -0.1) is 0 Å². The maximum atomic E-state index is 5.46. The molecule has 4 heterocycles. The van der Waals surface area contributed by atoms with Gasteiger partial charge in [0.15, 0.2) is 0 Å². The molecule has 290 valence electrons. The minimum Gasteiger partial charge on any atom is -0.294 e. The molecule has 4 nitrogen and oxygen atoms in total. The molecule has 0 aliphatic heterocycles. The van der Waals surface area contributed by atoms with Crippen LogP contribution >= 0.6 is 0 Å². The van der Waals surface area contributed by atoms with Crippen LogP contribution in [0.3, 0.4) is 0 Å². The molecule has 0 saturated carbocycles. The van der Waals surface area contributed by atoms with Crippen molar-refractivity contribution in [2.45, 2.75) is 0 Å². The highest BCUT2D eigenvalue weighted by atomic mass is 15.1. The molecular formula is C58H38N4. The Morgan fingerprint density at radius 3 is 1.26 bits per heavy atom. The fourth-order valence-electron chi connectivity index (χ4n) is 9.24. The second kappa shape index (κ2) is 14.7. The van der Waals surface area contributed by atoms with E-state index in [2.05, 4.69) is 240 Å². The van der Waals surface area contributed by atoms with Gasteiger partial charge in [-0.25, -0.2) is 9.97 Å². The Hall–Kier alpha value is -8.34. The molecule has 0 aliphatic carbocycles. The molecule has 0 atom stereocenters. The van der Waals surface area contributed by atoms with Gasteiger partial charge in [0.2, 0.25) is 0 Å². The summed E-state index contributed by atoms with van der Waals surface area (Å²) in [6, 6.07) is 82.1. The summed E-state index contributed by atoms with van der Waals surface area (Å²) in [7, 11) is 0. The van der Waals surface area contributed by atoms with Gasteiger partial charge in [-0.3, -0.25) is 9.13 Å². The van der Waals surface area contributed by atoms with Gasteiger partial charge in [0, 0.05) is 38.2 Å². The lowest BCUT2D eigenvalue weighted by molar-refractivity contribution is 1.08. The molecule has 0 aliphatic rings. The number of fused-ring (bicyclic) bond motifs is 6. The van der Waals surface area contributed by atoms with E-state index >= 15 is 0 Å². The molecule has 0 radical (unpaired) electrons. The van der Waals surface area contributed by atoms with Crippen molar-refractivity contribution >= 4 is 43.6 Å². The van der Waals surface area contributed by atoms with E-state index in [0.29, 0.717) is 0 Å². The van der Waals surface area contributed by atoms with Crippen LogP contribution in [0.4, 0.5) is 0 Å². The lowest BCUT2D eigenvalue weighted by Gasteiger charge is -2.15. The molecule has 8 aromatic carbocycles. The molecule has 12 aromatic rings. The van der Waals surface area contributed by atoms with Crippen LogP contribution in [0, 0.1) is 0 Å². The average molecular weight is 791 g/mol. The average Bonchev–Trinajstić information content (AvgIpc) is 3.88. The highest BCUT2D eigenvalue weighted by Crippen LogP contribution is 2.42. The SMILES string of the molecule is c1ccc(-c2cc(-c3ccccc3)nc(-n3c4ccccc4c4ccc(-c5cccc6c7ccccc7n(-c7cc(-c8ccccc8)cc(-c8ccccc8)n7)c56)cc43)c2)cc1. The third kappa shape index (κ3) is 6.00. The van der Waals surface area contributed by atoms with E-state index in [0.717, 1.165) is 89.6 Å². The predicted octanol–water partition coefficient (Wildman–Crippen LogP) is 15.0. The van der Waals surface area contributed by atoms with Gasteiger partial charge in [0.25, 0.3) is 0 Å². The summed E-state index contributed by atoms with van der Waals surface area (Å²) in [5.74, 6) is 1.74. The van der Waals surface area contributed by atoms with Crippen molar-refractivity contribution in [3.63, 3.8) is 0 Å². The van der Waals surface area contributed by atoms with Crippen LogP contribution in [0.25, 0.3) is 111 Å². The molecule has 0 fully saturated rings. The first-order chi connectivity index (χ1) is 30.7. The largest absolute Gasteiger partial charge is 0.294 e. The Labute approximate surface area is 359 Å². The predicted molar refractivity (Wildman–Crippen MR) is 258 cm³/mol. The Morgan fingerprint density at radius 2 is 0.694 bits per heavy atom. The van der Waals surface area contributed by atoms with E-state index in [1.807, 2.05) is 0 Å². The fraction of sp³-hybridized carbons (Fsp3) is 0. The molecule has 4 heteroatoms. The van der Waals surface area contributed by atoms with Crippen molar-refractivity contribution in [3.8, 4) is 67.5 Å². The lowest BCUT2D eigenvalue weighted by Crippen LogP contribution is -2.01. The maximum absolute atomic E-state index is 5.46. The minimum absolute atomic E-state index is 0.870. The molecule has 0 spiro atoms. The standard InChI is InChI=1S/C58H38N4/c1-5-18-39(19-6-1)44-34-51(41-22-9-3-10-23-41)59-56(37-44)61-53-30-15-13-26-47(53)49-33-32-43(36-55(49)61)46-28-17-29-50-48-27-14-16-31-54(48)62(58(46)50)57-38-45(40-20-7-2-8-21-40)35-52(60-57)42-24-11-4-12-25-42/h1-38H. The first kappa shape index (κ1) is 35.6. The molecular weight excluding hydrogens is 753 g/mol. The Morgan fingerprint density at radius 1 is 0.258 bits per heavy atom. The Bertz CT molecular complexity index is 3490. The lowest BCUT2D eigenvalue weighted by atomic mass is 10.00. The number of aromatic nitrogens is 4. The molecule has 0 saturated heterocycles. The number of para-hydroxylation sites is 3.